The summed E-state index contributed by atoms with van der Waals surface area (Å²) in [6.07, 6.45) is 2.68. The fourth-order valence-electron chi connectivity index (χ4n) is 4.28. The first-order valence-corrected chi connectivity index (χ1v) is 15.2. The molecule has 1 nitrogen and oxygen atoms in total. The first-order valence-electron chi connectivity index (χ1n) is 9.44. The quantitative estimate of drug-likeness (QED) is 0.317. The number of nitrogens with one attached hydrogen (secondary N) is 1. The highest BCUT2D eigenvalue weighted by molar-refractivity contribution is 6.83. The molecule has 0 atom stereocenters. The zero-order valence-electron chi connectivity index (χ0n) is 16.8. The smallest absolute Gasteiger partial charge is 0.0710 e. The van der Waals surface area contributed by atoms with Crippen LogP contribution in [-0.4, -0.2) is 29.2 Å². The molecule has 0 rings (SSSR count). The van der Waals surface area contributed by atoms with Crippen molar-refractivity contribution in [3.8, 4) is 0 Å². The average Bonchev–Trinajstić information content (AvgIpc) is 2.40. The maximum absolute atomic E-state index is 3.98. The lowest BCUT2D eigenvalue weighted by Gasteiger charge is -2.43. The normalized spacial score (nSPS) is 13.4. The maximum Gasteiger partial charge on any atom is 0.0710 e. The Hall–Kier alpha value is 0.134. The molecule has 0 unspecified atom stereocenters. The Bertz CT molecular complexity index is 287. The molecule has 0 spiro atoms. The monoisotopic (exact) mass is 341 g/mol. The second kappa shape index (κ2) is 10.1. The van der Waals surface area contributed by atoms with Gasteiger partial charge in [0.2, 0.25) is 0 Å². The largest absolute Gasteiger partial charge is 0.317 e. The van der Waals surface area contributed by atoms with Gasteiger partial charge in [-0.3, -0.25) is 0 Å². The van der Waals surface area contributed by atoms with Crippen molar-refractivity contribution in [1.82, 2.24) is 5.32 Å². The van der Waals surface area contributed by atoms with Crippen LogP contribution in [0.3, 0.4) is 0 Å². The Labute approximate surface area is 143 Å². The van der Waals surface area contributed by atoms with Crippen molar-refractivity contribution in [3.63, 3.8) is 0 Å². The van der Waals surface area contributed by atoms with Gasteiger partial charge in [0.05, 0.1) is 16.1 Å². The van der Waals surface area contributed by atoms with Crippen molar-refractivity contribution in [3.05, 3.63) is 12.3 Å². The van der Waals surface area contributed by atoms with Gasteiger partial charge < -0.3 is 5.32 Å². The molecule has 22 heavy (non-hydrogen) atoms. The van der Waals surface area contributed by atoms with Gasteiger partial charge in [0, 0.05) is 0 Å². The molecule has 0 fully saturated rings. The molecule has 1 N–H and O–H groups in total. The van der Waals surface area contributed by atoms with Crippen LogP contribution in [0, 0.1) is 0 Å². The molecular formula is C19H43NSi2. The third-order valence-corrected chi connectivity index (χ3v) is 16.3. The molecule has 0 radical (unpaired) electrons. The molecule has 0 aromatic heterocycles. The van der Waals surface area contributed by atoms with Gasteiger partial charge in [-0.05, 0) is 25.9 Å². The van der Waals surface area contributed by atoms with Crippen molar-refractivity contribution in [2.45, 2.75) is 96.2 Å². The van der Waals surface area contributed by atoms with Crippen molar-refractivity contribution >= 4 is 16.1 Å². The second-order valence-electron chi connectivity index (χ2n) is 8.73. The van der Waals surface area contributed by atoms with E-state index in [0.29, 0.717) is 0 Å². The van der Waals surface area contributed by atoms with Crippen LogP contribution in [0.4, 0.5) is 0 Å². The van der Waals surface area contributed by atoms with Crippen LogP contribution in [0.15, 0.2) is 12.3 Å². The van der Waals surface area contributed by atoms with Gasteiger partial charge in [0.15, 0.2) is 0 Å². The summed E-state index contributed by atoms with van der Waals surface area (Å²) >= 11 is 0. The van der Waals surface area contributed by atoms with Crippen molar-refractivity contribution in [2.75, 3.05) is 13.1 Å². The van der Waals surface area contributed by atoms with E-state index in [-0.39, 0.29) is 0 Å². The molecular weight excluding hydrogens is 298 g/mol. The lowest BCUT2D eigenvalue weighted by Crippen LogP contribution is -2.44. The fraction of sp³-hybridized carbons (Fsp3) is 0.895. The van der Waals surface area contributed by atoms with Crippen LogP contribution < -0.4 is 5.32 Å². The summed E-state index contributed by atoms with van der Waals surface area (Å²) in [5.74, 6) is 0. The first kappa shape index (κ1) is 22.1. The predicted octanol–water partition coefficient (Wildman–Crippen LogP) is 6.47. The van der Waals surface area contributed by atoms with Crippen LogP contribution in [0.2, 0.25) is 41.8 Å². The molecule has 132 valence electrons. The highest BCUT2D eigenvalue weighted by atomic mass is 28.3. The Balaban J connectivity index is 4.14. The molecule has 0 amide bonds. The molecule has 3 heteroatoms. The minimum atomic E-state index is -1.18. The van der Waals surface area contributed by atoms with E-state index in [4.69, 9.17) is 0 Å². The minimum absolute atomic E-state index is 0.895. The minimum Gasteiger partial charge on any atom is -0.317 e. The highest BCUT2D eigenvalue weighted by Gasteiger charge is 2.41. The van der Waals surface area contributed by atoms with Gasteiger partial charge in [-0.1, -0.05) is 83.3 Å². The topological polar surface area (TPSA) is 12.0 Å². The van der Waals surface area contributed by atoms with Crippen molar-refractivity contribution in [2.24, 2.45) is 0 Å². The van der Waals surface area contributed by atoms with E-state index in [1.54, 1.807) is 0 Å². The van der Waals surface area contributed by atoms with Crippen LogP contribution in [0.25, 0.3) is 0 Å². The molecule has 0 aliphatic carbocycles. The molecule has 0 saturated carbocycles. The Morgan fingerprint density at radius 2 is 1.23 bits per heavy atom. The average molecular weight is 342 g/mol. The molecule has 0 heterocycles. The van der Waals surface area contributed by atoms with E-state index >= 15 is 0 Å². The lowest BCUT2D eigenvalue weighted by atomic mass is 10.4. The van der Waals surface area contributed by atoms with Gasteiger partial charge in [0.25, 0.3) is 0 Å². The van der Waals surface area contributed by atoms with Crippen LogP contribution in [0.1, 0.15) is 54.4 Å². The van der Waals surface area contributed by atoms with E-state index in [2.05, 4.69) is 72.2 Å². The molecule has 0 aromatic rings. The first-order chi connectivity index (χ1) is 10.1. The Kier molecular flexibility index (Phi) is 10.2. The van der Waals surface area contributed by atoms with E-state index in [9.17, 15) is 0 Å². The van der Waals surface area contributed by atoms with Gasteiger partial charge in [-0.15, -0.1) is 12.3 Å². The zero-order valence-corrected chi connectivity index (χ0v) is 18.8. The molecule has 0 bridgehead atoms. The molecule has 0 aliphatic rings. The number of hydrogen-bond acceptors (Lipinski definition) is 1. The number of hydrogen-bond donors (Lipinski definition) is 1. The predicted molar refractivity (Wildman–Crippen MR) is 110 cm³/mol. The summed E-state index contributed by atoms with van der Waals surface area (Å²) in [6, 6.07) is 2.85. The highest BCUT2D eigenvalue weighted by Crippen LogP contribution is 2.44. The van der Waals surface area contributed by atoms with E-state index in [1.165, 1.54) is 38.0 Å². The molecule has 0 aliphatic heterocycles. The van der Waals surface area contributed by atoms with E-state index < -0.39 is 16.1 Å². The zero-order chi connectivity index (χ0) is 17.4. The summed E-state index contributed by atoms with van der Waals surface area (Å²) in [7, 11) is -2.27. The summed E-state index contributed by atoms with van der Waals surface area (Å²) < 4.78 is 0. The third kappa shape index (κ3) is 6.71. The fourth-order valence-corrected chi connectivity index (χ4v) is 12.1. The third-order valence-electron chi connectivity index (χ3n) is 5.92. The Morgan fingerprint density at radius 1 is 0.818 bits per heavy atom. The van der Waals surface area contributed by atoms with Crippen molar-refractivity contribution in [1.29, 1.82) is 0 Å². The summed E-state index contributed by atoms with van der Waals surface area (Å²) in [5, 5.41) is 3.68. The van der Waals surface area contributed by atoms with Gasteiger partial charge >= 0.3 is 0 Å². The van der Waals surface area contributed by atoms with E-state index in [0.717, 1.165) is 16.6 Å². The summed E-state index contributed by atoms with van der Waals surface area (Å²) in [5.41, 5.74) is 4.91. The summed E-state index contributed by atoms with van der Waals surface area (Å²) in [6.45, 7) is 26.0. The standard InChI is InChI=1S/C19H43NSi2/c1-10-21(8,9)15-11-13-20-14-12-16-22(17(2)3,18(4)5)19(6)7/h10,17-20H,1,11-16H2,2-9H3. The van der Waals surface area contributed by atoms with Gasteiger partial charge in [-0.2, -0.15) is 0 Å². The van der Waals surface area contributed by atoms with E-state index in [1.807, 2.05) is 0 Å². The summed E-state index contributed by atoms with van der Waals surface area (Å²) in [4.78, 5) is 0. The van der Waals surface area contributed by atoms with Gasteiger partial charge in [-0.25, -0.2) is 0 Å². The van der Waals surface area contributed by atoms with Crippen LogP contribution >= 0.6 is 0 Å². The SMILES string of the molecule is C=C[Si](C)(C)CCCNCCC[Si](C(C)C)(C(C)C)C(C)C. The molecule has 0 aromatic carbocycles. The number of rotatable bonds is 12. The second-order valence-corrected chi connectivity index (χ2v) is 19.8. The van der Waals surface area contributed by atoms with Gasteiger partial charge in [0.1, 0.15) is 0 Å². The maximum atomic E-state index is 3.98. The van der Waals surface area contributed by atoms with Crippen molar-refractivity contribution < 1.29 is 0 Å². The Morgan fingerprint density at radius 3 is 1.59 bits per heavy atom. The molecule has 0 saturated heterocycles. The lowest BCUT2D eigenvalue weighted by molar-refractivity contribution is 0.646. The van der Waals surface area contributed by atoms with Crippen LogP contribution in [-0.2, 0) is 0 Å². The van der Waals surface area contributed by atoms with Crippen LogP contribution in [0.5, 0.6) is 0 Å².